The Morgan fingerprint density at radius 3 is 1.95 bits per heavy atom. The maximum atomic E-state index is 13.6. The van der Waals surface area contributed by atoms with E-state index in [1.54, 1.807) is 6.08 Å². The van der Waals surface area contributed by atoms with E-state index in [-0.39, 0.29) is 56.0 Å². The second-order valence-corrected chi connectivity index (χ2v) is 22.6. The van der Waals surface area contributed by atoms with Gasteiger partial charge in [0.25, 0.3) is 0 Å². The summed E-state index contributed by atoms with van der Waals surface area (Å²) in [5, 5.41) is 152. The van der Waals surface area contributed by atoms with E-state index in [1.807, 2.05) is 0 Å². The molecule has 4 aliphatic heterocycles. The van der Waals surface area contributed by atoms with Crippen molar-refractivity contribution >= 4 is 11.9 Å². The van der Waals surface area contributed by atoms with Crippen molar-refractivity contribution in [1.29, 1.82) is 0 Å². The quantitative estimate of drug-likeness (QED) is 0.0328. The minimum Gasteiger partial charge on any atom is -0.506 e. The van der Waals surface area contributed by atoms with E-state index in [9.17, 15) is 81.1 Å². The van der Waals surface area contributed by atoms with E-state index >= 15 is 0 Å². The number of rotatable bonds is 19. The van der Waals surface area contributed by atoms with Crippen LogP contribution < -0.4 is 0 Å². The first-order chi connectivity index (χ1) is 39.2. The maximum absolute atomic E-state index is 13.6. The summed E-state index contributed by atoms with van der Waals surface area (Å²) in [5.41, 5.74) is 0.444. The summed E-state index contributed by atoms with van der Waals surface area (Å²) in [6, 6.07) is 0. The van der Waals surface area contributed by atoms with Crippen LogP contribution in [0.3, 0.4) is 0 Å². The van der Waals surface area contributed by atoms with Crippen molar-refractivity contribution in [2.45, 2.75) is 217 Å². The average Bonchev–Trinajstić information content (AvgIpc) is 3.54. The van der Waals surface area contributed by atoms with Gasteiger partial charge < -0.3 is 128 Å². The molecule has 0 radical (unpaired) electrons. The number of allylic oxidation sites excluding steroid dienone is 3. The molecule has 28 nitrogen and oxygen atoms in total. The number of carbonyl (C=O) groups is 2. The fraction of sp³-hybridized carbons (Fsp3) is 0.815. The Labute approximate surface area is 472 Å². The number of ether oxygens (including phenoxy) is 12. The molecule has 0 spiro atoms. The van der Waals surface area contributed by atoms with Crippen molar-refractivity contribution in [3.05, 3.63) is 47.5 Å². The van der Waals surface area contributed by atoms with Crippen LogP contribution in [0.2, 0.25) is 0 Å². The highest BCUT2D eigenvalue weighted by Gasteiger charge is 2.58. The van der Waals surface area contributed by atoms with E-state index in [1.165, 1.54) is 39.6 Å². The number of hydrogen-bond acceptors (Lipinski definition) is 27. The van der Waals surface area contributed by atoms with Crippen LogP contribution in [0.4, 0.5) is 0 Å². The fourth-order valence-corrected chi connectivity index (χ4v) is 12.5. The summed E-state index contributed by atoms with van der Waals surface area (Å²) in [5.74, 6) is -3.43. The Kier molecular flexibility index (Phi) is 22.8. The first-order valence-electron chi connectivity index (χ1n) is 28.0. The molecule has 0 aromatic rings. The maximum Gasteiger partial charge on any atom is 0.331 e. The van der Waals surface area contributed by atoms with Crippen LogP contribution in [0.25, 0.3) is 0 Å². The molecule has 12 unspecified atom stereocenters. The van der Waals surface area contributed by atoms with Crippen molar-refractivity contribution in [3.8, 4) is 0 Å². The Morgan fingerprint density at radius 1 is 0.622 bits per heavy atom. The number of esters is 2. The zero-order chi connectivity index (χ0) is 59.3. The molecule has 8 rings (SSSR count). The first-order valence-corrected chi connectivity index (χ1v) is 28.0. The first kappa shape index (κ1) is 64.6. The lowest BCUT2D eigenvalue weighted by Gasteiger charge is -2.51. The molecule has 7 fully saturated rings. The van der Waals surface area contributed by atoms with Gasteiger partial charge in [-0.2, -0.15) is 0 Å². The lowest BCUT2D eigenvalue weighted by Crippen LogP contribution is -2.66. The van der Waals surface area contributed by atoms with E-state index < -0.39 is 197 Å². The molecule has 0 aromatic heterocycles. The third kappa shape index (κ3) is 14.9. The SMILES string of the molecule is COC1=C(O)[C@H](OC)CC(C=CC(=O)O[C@H]2[C@H](O[C@H]3[C@H](OC4CC5C(O[C@@H]6O[C@H](CO)[C@@H](O)[C@H](O)[C@H]6O)CC(O)CC5[OH+]C4C4CCC(O)C(O)C4)O[C@H](COC(=O)C=CC4CCC(O)C(OC)C4)[C@@H](O)[C@@H]3O)O[C@H](CO)[C@@H](O)[C@@H]2O)=C1. The van der Waals surface area contributed by atoms with Crippen LogP contribution in [-0.2, 0) is 61.7 Å². The Bertz CT molecular complexity index is 2210. The number of hydrogen-bond donors (Lipinski definition) is 14. The Morgan fingerprint density at radius 2 is 1.27 bits per heavy atom. The smallest absolute Gasteiger partial charge is 0.331 e. The molecule has 28 atom stereocenters. The van der Waals surface area contributed by atoms with Gasteiger partial charge >= 0.3 is 11.9 Å². The third-order valence-corrected chi connectivity index (χ3v) is 17.2. The van der Waals surface area contributed by atoms with Gasteiger partial charge in [-0.05, 0) is 62.5 Å². The van der Waals surface area contributed by atoms with Crippen LogP contribution in [-0.4, -0.2) is 282 Å². The molecule has 82 heavy (non-hydrogen) atoms. The molecule has 466 valence electrons. The molecule has 8 aliphatic rings. The van der Waals surface area contributed by atoms with E-state index in [2.05, 4.69) is 0 Å². The predicted octanol–water partition coefficient (Wildman–Crippen LogP) is -4.71. The summed E-state index contributed by atoms with van der Waals surface area (Å²) in [4.78, 5) is 26.9. The Balaban J connectivity index is 1.09. The number of aliphatic hydroxyl groups is 16. The molecule has 4 aliphatic carbocycles. The average molecular weight is 1180 g/mol. The molecule has 0 bridgehead atoms. The molecule has 0 aromatic carbocycles. The molecule has 15 N–H and O–H groups in total. The molecule has 0 amide bonds. The zero-order valence-electron chi connectivity index (χ0n) is 45.8. The van der Waals surface area contributed by atoms with Crippen LogP contribution in [0, 0.1) is 17.8 Å². The van der Waals surface area contributed by atoms with Gasteiger partial charge in [-0.15, -0.1) is 0 Å². The lowest BCUT2D eigenvalue weighted by molar-refractivity contribution is -0.390. The number of fused-ring (bicyclic) bond motifs is 1. The van der Waals surface area contributed by atoms with Crippen LogP contribution >= 0.6 is 0 Å². The fourth-order valence-electron chi connectivity index (χ4n) is 12.5. The lowest BCUT2D eigenvalue weighted by atomic mass is 9.72. The van der Waals surface area contributed by atoms with Gasteiger partial charge in [-0.25, -0.2) is 9.59 Å². The highest BCUT2D eigenvalue weighted by molar-refractivity contribution is 5.83. The molecule has 28 heteroatoms. The number of aliphatic hydroxyl groups excluding tert-OH is 14. The third-order valence-electron chi connectivity index (χ3n) is 17.2. The van der Waals surface area contributed by atoms with Gasteiger partial charge in [0, 0.05) is 51.6 Å². The second kappa shape index (κ2) is 28.9. The van der Waals surface area contributed by atoms with Crippen molar-refractivity contribution in [2.24, 2.45) is 17.8 Å². The molecule has 4 saturated heterocycles. The normalized spacial score (nSPS) is 45.8. The van der Waals surface area contributed by atoms with Gasteiger partial charge in [-0.3, -0.25) is 0 Å². The summed E-state index contributed by atoms with van der Waals surface area (Å²) in [6.07, 6.45) is -27.3. The summed E-state index contributed by atoms with van der Waals surface area (Å²) >= 11 is 0. The van der Waals surface area contributed by atoms with E-state index in [0.717, 1.165) is 6.08 Å². The molecular weight excluding hydrogens is 1100 g/mol. The van der Waals surface area contributed by atoms with E-state index in [0.29, 0.717) is 31.3 Å². The zero-order valence-corrected chi connectivity index (χ0v) is 45.8. The van der Waals surface area contributed by atoms with Gasteiger partial charge in [0.15, 0.2) is 48.7 Å². The van der Waals surface area contributed by atoms with Crippen molar-refractivity contribution in [1.82, 2.24) is 0 Å². The van der Waals surface area contributed by atoms with E-state index in [4.69, 9.17) is 56.8 Å². The highest BCUT2D eigenvalue weighted by atomic mass is 16.8. The van der Waals surface area contributed by atoms with Crippen LogP contribution in [0.1, 0.15) is 64.2 Å². The second-order valence-electron chi connectivity index (χ2n) is 22.6. The number of carbonyl (C=O) groups excluding carboxylic acids is 2. The summed E-state index contributed by atoms with van der Waals surface area (Å²) in [6.45, 7) is -2.34. The van der Waals surface area contributed by atoms with Crippen LogP contribution in [0.15, 0.2) is 47.5 Å². The topological polar surface area (TPSA) is 432 Å². The highest BCUT2D eigenvalue weighted by Crippen LogP contribution is 2.45. The van der Waals surface area contributed by atoms with Crippen molar-refractivity contribution in [2.75, 3.05) is 41.2 Å². The largest absolute Gasteiger partial charge is 0.506 e. The van der Waals surface area contributed by atoms with Crippen molar-refractivity contribution in [3.63, 3.8) is 0 Å². The minimum atomic E-state index is -2.06. The van der Waals surface area contributed by atoms with Gasteiger partial charge in [0.2, 0.25) is 0 Å². The van der Waals surface area contributed by atoms with Crippen molar-refractivity contribution < 1.29 is 138 Å². The monoisotopic (exact) mass is 1180 g/mol. The summed E-state index contributed by atoms with van der Waals surface area (Å²) < 4.78 is 69.8. The van der Waals surface area contributed by atoms with Gasteiger partial charge in [0.1, 0.15) is 86.0 Å². The molecule has 4 heterocycles. The number of methoxy groups -OCH3 is 3. The molecular formula is C54H83O28+. The Hall–Kier alpha value is -3.38. The molecule has 3 saturated carbocycles. The van der Waals surface area contributed by atoms with Gasteiger partial charge in [-0.1, -0.05) is 12.2 Å². The van der Waals surface area contributed by atoms with Crippen LogP contribution in [0.5, 0.6) is 0 Å². The summed E-state index contributed by atoms with van der Waals surface area (Å²) in [7, 11) is 4.16. The standard InChI is InChI=1S/C54H82O28/c1-71-32-12-22(4-8-28(32)59)5-10-39(61)74-21-38-44(66)47(69)51(82-54-50(46(68)43(65)37(20-56)79-54)81-40(62)11-6-23-13-33(72-2)41(63)34(14-23)73-3)53(80-38)77-35-18-26-30(75-49(35)24-7-9-27(58)29(60)15-24)16-25(57)17-31(26)76-52-48(70)45(67)42(64)36(19-55)78-52/h5-6,10-11,13,22,24-32,34-38,42-60,63-70H,4,7-9,12,14-21H2,1-3H3/p+1/t22?,24?,25?,26?,27?,28?,29?,30?,31?,32?,34-,35?,36-,37-,38-,42-,43-,44-,45+,46+,47+,48-,49?,50-,51-,52-,53-,54+/m1/s1. The predicted molar refractivity (Wildman–Crippen MR) is 273 cm³/mol. The van der Waals surface area contributed by atoms with Gasteiger partial charge in [0.05, 0.1) is 62.9 Å². The minimum absolute atomic E-state index is 0.0204.